The number of amides is 1. The molecule has 3 aromatic rings. The normalized spacial score (nSPS) is 11.5. The van der Waals surface area contributed by atoms with Crippen molar-refractivity contribution in [3.8, 4) is 5.69 Å². The minimum absolute atomic E-state index is 0.121. The zero-order valence-corrected chi connectivity index (χ0v) is 15.6. The molecule has 2 aromatic carbocycles. The van der Waals surface area contributed by atoms with Gasteiger partial charge in [0.2, 0.25) is 15.9 Å². The maximum atomic E-state index is 12.3. The molecule has 0 bridgehead atoms. The summed E-state index contributed by atoms with van der Waals surface area (Å²) in [6.07, 6.45) is 1.64. The van der Waals surface area contributed by atoms with Gasteiger partial charge in [0.15, 0.2) is 0 Å². The van der Waals surface area contributed by atoms with E-state index >= 15 is 0 Å². The highest BCUT2D eigenvalue weighted by atomic mass is 32.2. The summed E-state index contributed by atoms with van der Waals surface area (Å²) < 4.78 is 27.0. The number of aromatic nitrogens is 4. The lowest BCUT2D eigenvalue weighted by atomic mass is 10.1. The maximum absolute atomic E-state index is 12.3. The van der Waals surface area contributed by atoms with Gasteiger partial charge in [-0.2, -0.15) is 0 Å². The Hall–Kier alpha value is -3.11. The van der Waals surface area contributed by atoms with Crippen LogP contribution < -0.4 is 5.32 Å². The summed E-state index contributed by atoms with van der Waals surface area (Å²) in [7, 11) is -0.641. The molecule has 27 heavy (non-hydrogen) atoms. The minimum Gasteiger partial charge on any atom is -0.326 e. The van der Waals surface area contributed by atoms with Crippen LogP contribution in [0.15, 0.2) is 59.8 Å². The molecule has 0 radical (unpaired) electrons. The van der Waals surface area contributed by atoms with Crippen LogP contribution in [-0.2, 0) is 21.2 Å². The maximum Gasteiger partial charge on any atom is 0.242 e. The molecule has 0 unspecified atom stereocenters. The Bertz CT molecular complexity index is 1030. The zero-order chi connectivity index (χ0) is 19.4. The van der Waals surface area contributed by atoms with E-state index in [2.05, 4.69) is 20.8 Å². The highest BCUT2D eigenvalue weighted by Gasteiger charge is 2.17. The lowest BCUT2D eigenvalue weighted by Crippen LogP contribution is -2.22. The smallest absolute Gasteiger partial charge is 0.242 e. The largest absolute Gasteiger partial charge is 0.326 e. The van der Waals surface area contributed by atoms with E-state index in [4.69, 9.17) is 0 Å². The summed E-state index contributed by atoms with van der Waals surface area (Å²) in [6, 6.07) is 13.4. The first-order valence-corrected chi connectivity index (χ1v) is 9.45. The van der Waals surface area contributed by atoms with Gasteiger partial charge in [-0.15, -0.1) is 5.10 Å². The average molecular weight is 386 g/mol. The molecule has 0 saturated carbocycles. The van der Waals surface area contributed by atoms with E-state index in [1.165, 1.54) is 37.2 Å². The van der Waals surface area contributed by atoms with Gasteiger partial charge in [0, 0.05) is 19.8 Å². The molecule has 9 nitrogen and oxygen atoms in total. The van der Waals surface area contributed by atoms with Crippen LogP contribution in [0.5, 0.6) is 0 Å². The van der Waals surface area contributed by atoms with Crippen LogP contribution in [0.2, 0.25) is 0 Å². The first-order chi connectivity index (χ1) is 12.9. The molecule has 0 spiro atoms. The van der Waals surface area contributed by atoms with Crippen molar-refractivity contribution in [2.24, 2.45) is 0 Å². The van der Waals surface area contributed by atoms with Gasteiger partial charge in [-0.3, -0.25) is 4.79 Å². The first-order valence-electron chi connectivity index (χ1n) is 8.01. The van der Waals surface area contributed by atoms with Gasteiger partial charge in [0.1, 0.15) is 6.33 Å². The average Bonchev–Trinajstić information content (AvgIpc) is 3.17. The molecule has 10 heteroatoms. The van der Waals surface area contributed by atoms with Crippen molar-refractivity contribution in [3.63, 3.8) is 0 Å². The SMILES string of the molecule is CN(C)S(=O)(=O)c1cccc(NC(=O)Cc2ccc(-n3cnnn3)cc2)c1. The van der Waals surface area contributed by atoms with Crippen molar-refractivity contribution >= 4 is 21.6 Å². The quantitative estimate of drug-likeness (QED) is 0.679. The first kappa shape index (κ1) is 18.7. The molecule has 140 valence electrons. The van der Waals surface area contributed by atoms with Gasteiger partial charge >= 0.3 is 0 Å². The van der Waals surface area contributed by atoms with Gasteiger partial charge in [0.25, 0.3) is 0 Å². The number of rotatable bonds is 6. The Morgan fingerprint density at radius 2 is 1.89 bits per heavy atom. The predicted molar refractivity (Wildman–Crippen MR) is 98.8 cm³/mol. The second-order valence-electron chi connectivity index (χ2n) is 5.96. The monoisotopic (exact) mass is 386 g/mol. The molecule has 0 fully saturated rings. The number of carbonyl (C=O) groups is 1. The summed E-state index contributed by atoms with van der Waals surface area (Å²) in [4.78, 5) is 12.4. The van der Waals surface area contributed by atoms with Gasteiger partial charge in [-0.05, 0) is 46.3 Å². The summed E-state index contributed by atoms with van der Waals surface area (Å²) in [5.41, 5.74) is 2.01. The summed E-state index contributed by atoms with van der Waals surface area (Å²) >= 11 is 0. The third-order valence-corrected chi connectivity index (χ3v) is 5.62. The molecule has 1 heterocycles. The Morgan fingerprint density at radius 1 is 1.15 bits per heavy atom. The number of hydrogen-bond acceptors (Lipinski definition) is 6. The second-order valence-corrected chi connectivity index (χ2v) is 8.11. The van der Waals surface area contributed by atoms with E-state index in [1.54, 1.807) is 12.1 Å². The van der Waals surface area contributed by atoms with E-state index in [0.717, 1.165) is 15.6 Å². The molecule has 3 rings (SSSR count). The van der Waals surface area contributed by atoms with Crippen molar-refractivity contribution in [2.75, 3.05) is 19.4 Å². The number of benzene rings is 2. The van der Waals surface area contributed by atoms with Crippen molar-refractivity contribution in [1.29, 1.82) is 0 Å². The molecule has 0 saturated heterocycles. The molecule has 0 aliphatic carbocycles. The van der Waals surface area contributed by atoms with Crippen LogP contribution in [-0.4, -0.2) is 52.9 Å². The Kier molecular flexibility index (Phi) is 5.28. The third kappa shape index (κ3) is 4.36. The topological polar surface area (TPSA) is 110 Å². The summed E-state index contributed by atoms with van der Waals surface area (Å²) in [6.45, 7) is 0. The van der Waals surface area contributed by atoms with Crippen molar-refractivity contribution in [2.45, 2.75) is 11.3 Å². The highest BCUT2D eigenvalue weighted by Crippen LogP contribution is 2.18. The van der Waals surface area contributed by atoms with Crippen LogP contribution in [0, 0.1) is 0 Å². The standard InChI is InChI=1S/C17H18N6O3S/c1-22(2)27(25,26)16-5-3-4-14(11-16)19-17(24)10-13-6-8-15(9-7-13)23-12-18-20-21-23/h3-9,11-12H,10H2,1-2H3,(H,19,24). The minimum atomic E-state index is -3.56. The van der Waals surface area contributed by atoms with E-state index in [-0.39, 0.29) is 17.2 Å². The fourth-order valence-corrected chi connectivity index (χ4v) is 3.33. The number of nitrogens with one attached hydrogen (secondary N) is 1. The van der Waals surface area contributed by atoms with Gasteiger partial charge < -0.3 is 5.32 Å². The third-order valence-electron chi connectivity index (χ3n) is 3.81. The van der Waals surface area contributed by atoms with Crippen molar-refractivity contribution in [3.05, 3.63) is 60.4 Å². The number of sulfonamides is 1. The molecule has 1 N–H and O–H groups in total. The molecule has 1 aromatic heterocycles. The van der Waals surface area contributed by atoms with Crippen molar-refractivity contribution in [1.82, 2.24) is 24.5 Å². The number of carbonyl (C=O) groups excluding carboxylic acids is 1. The van der Waals surface area contributed by atoms with E-state index in [0.29, 0.717) is 5.69 Å². The van der Waals surface area contributed by atoms with Gasteiger partial charge in [-0.1, -0.05) is 18.2 Å². The fraction of sp³-hybridized carbons (Fsp3) is 0.176. The lowest BCUT2D eigenvalue weighted by molar-refractivity contribution is -0.115. The Balaban J connectivity index is 1.68. The number of nitrogens with zero attached hydrogens (tertiary/aromatic N) is 5. The Morgan fingerprint density at radius 3 is 2.52 bits per heavy atom. The predicted octanol–water partition coefficient (Wildman–Crippen LogP) is 1.09. The highest BCUT2D eigenvalue weighted by molar-refractivity contribution is 7.89. The van der Waals surface area contributed by atoms with Crippen LogP contribution >= 0.6 is 0 Å². The van der Waals surface area contributed by atoms with E-state index in [1.807, 2.05) is 24.3 Å². The molecule has 0 aliphatic heterocycles. The zero-order valence-electron chi connectivity index (χ0n) is 14.8. The van der Waals surface area contributed by atoms with Crippen LogP contribution in [0.25, 0.3) is 5.69 Å². The fourth-order valence-electron chi connectivity index (χ4n) is 2.38. The molecular formula is C17H18N6O3S. The van der Waals surface area contributed by atoms with Crippen LogP contribution in [0.1, 0.15) is 5.56 Å². The molecule has 0 atom stereocenters. The number of hydrogen-bond donors (Lipinski definition) is 1. The van der Waals surface area contributed by atoms with Crippen LogP contribution in [0.4, 0.5) is 5.69 Å². The summed E-state index contributed by atoms with van der Waals surface area (Å²) in [5, 5.41) is 13.7. The second kappa shape index (κ2) is 7.64. The number of tetrazole rings is 1. The lowest BCUT2D eigenvalue weighted by Gasteiger charge is -2.12. The van der Waals surface area contributed by atoms with Gasteiger partial charge in [0.05, 0.1) is 17.0 Å². The van der Waals surface area contributed by atoms with Crippen molar-refractivity contribution < 1.29 is 13.2 Å². The molecule has 1 amide bonds. The Labute approximate surface area is 156 Å². The van der Waals surface area contributed by atoms with Crippen LogP contribution in [0.3, 0.4) is 0 Å². The molecular weight excluding hydrogens is 368 g/mol. The molecule has 0 aliphatic rings. The van der Waals surface area contributed by atoms with E-state index in [9.17, 15) is 13.2 Å². The number of anilines is 1. The summed E-state index contributed by atoms with van der Waals surface area (Å²) in [5.74, 6) is -0.246. The van der Waals surface area contributed by atoms with E-state index < -0.39 is 10.0 Å². The van der Waals surface area contributed by atoms with Gasteiger partial charge in [-0.25, -0.2) is 17.4 Å².